The van der Waals surface area contributed by atoms with Crippen LogP contribution in [0, 0.1) is 0 Å². The summed E-state index contributed by atoms with van der Waals surface area (Å²) in [4.78, 5) is 0. The van der Waals surface area contributed by atoms with E-state index in [1.807, 2.05) is 6.07 Å². The molecule has 1 heterocycles. The van der Waals surface area contributed by atoms with Gasteiger partial charge in [-0.15, -0.1) is 0 Å². The molecule has 1 saturated heterocycles. The Bertz CT molecular complexity index is 511. The van der Waals surface area contributed by atoms with Crippen molar-refractivity contribution in [2.24, 2.45) is 0 Å². The van der Waals surface area contributed by atoms with Gasteiger partial charge in [-0.2, -0.15) is 0 Å². The summed E-state index contributed by atoms with van der Waals surface area (Å²) >= 11 is -2.70. The van der Waals surface area contributed by atoms with Crippen molar-refractivity contribution in [2.45, 2.75) is 12.0 Å². The third-order valence-electron chi connectivity index (χ3n) is 2.73. The van der Waals surface area contributed by atoms with Crippen LogP contribution in [0.5, 0.6) is 0 Å². The van der Waals surface area contributed by atoms with Gasteiger partial charge in [-0.1, -0.05) is 30.3 Å². The lowest BCUT2D eigenvalue weighted by Crippen LogP contribution is -2.22. The number of hydrogen-bond donors (Lipinski definition) is 0. The van der Waals surface area contributed by atoms with Crippen molar-refractivity contribution in [3.05, 3.63) is 35.9 Å². The highest BCUT2D eigenvalue weighted by Gasteiger charge is 2.39. The second-order valence-electron chi connectivity index (χ2n) is 3.93. The fraction of sp³-hybridized carbons (Fsp3) is 0.400. The third kappa shape index (κ3) is 3.12. The van der Waals surface area contributed by atoms with Crippen LogP contribution in [0.1, 0.15) is 11.5 Å². The Morgan fingerprint density at radius 1 is 1.24 bits per heavy atom. The molecule has 0 aliphatic carbocycles. The molecule has 1 aromatic rings. The summed E-state index contributed by atoms with van der Waals surface area (Å²) < 4.78 is 48.8. The number of hydrogen-bond acceptors (Lipinski definition) is 5. The first-order valence-electron chi connectivity index (χ1n) is 5.00. The highest BCUT2D eigenvalue weighted by atomic mass is 32.2. The van der Waals surface area contributed by atoms with Crippen LogP contribution in [0.2, 0.25) is 0 Å². The molecule has 1 aliphatic rings. The Morgan fingerprint density at radius 2 is 1.88 bits per heavy atom. The van der Waals surface area contributed by atoms with Crippen molar-refractivity contribution in [1.82, 2.24) is 0 Å². The second-order valence-corrected chi connectivity index (χ2v) is 6.69. The summed E-state index contributed by atoms with van der Waals surface area (Å²) in [7, 11) is -3.24. The molecule has 1 unspecified atom stereocenters. The molecule has 2 rings (SSSR count). The highest BCUT2D eigenvalue weighted by Crippen LogP contribution is 2.31. The minimum atomic E-state index is -3.24. The predicted molar refractivity (Wildman–Crippen MR) is 61.6 cm³/mol. The normalized spacial score (nSPS) is 29.0. The molecule has 1 aliphatic heterocycles. The summed E-state index contributed by atoms with van der Waals surface area (Å²) in [5.74, 6) is -0.738. The van der Waals surface area contributed by atoms with E-state index in [9.17, 15) is 17.2 Å². The SMILES string of the molecule is O=S([O-])O[C@H]1CS(=O)(=O)C[C@H]1c1ccccc1. The Kier molecular flexibility index (Phi) is 3.62. The molecule has 0 bridgehead atoms. The highest BCUT2D eigenvalue weighted by molar-refractivity contribution is 7.91. The van der Waals surface area contributed by atoms with Crippen LogP contribution in [-0.4, -0.2) is 34.8 Å². The van der Waals surface area contributed by atoms with Crippen molar-refractivity contribution in [2.75, 3.05) is 11.5 Å². The zero-order valence-electron chi connectivity index (χ0n) is 8.81. The average Bonchev–Trinajstić information content (AvgIpc) is 2.54. The molecule has 3 atom stereocenters. The maximum Gasteiger partial charge on any atom is 0.153 e. The molecule has 0 radical (unpaired) electrons. The van der Waals surface area contributed by atoms with E-state index in [-0.39, 0.29) is 11.5 Å². The maximum absolute atomic E-state index is 11.5. The minimum absolute atomic E-state index is 0.0706. The van der Waals surface area contributed by atoms with Gasteiger partial charge in [0.25, 0.3) is 0 Å². The quantitative estimate of drug-likeness (QED) is 0.745. The lowest BCUT2D eigenvalue weighted by atomic mass is 9.97. The van der Waals surface area contributed by atoms with Gasteiger partial charge in [0.1, 0.15) is 0 Å². The largest absolute Gasteiger partial charge is 0.750 e. The van der Waals surface area contributed by atoms with Crippen LogP contribution in [0.4, 0.5) is 0 Å². The summed E-state index contributed by atoms with van der Waals surface area (Å²) in [5, 5.41) is 0. The summed E-state index contributed by atoms with van der Waals surface area (Å²) in [6, 6.07) is 8.93. The second kappa shape index (κ2) is 4.85. The Labute approximate surface area is 102 Å². The van der Waals surface area contributed by atoms with Crippen LogP contribution >= 0.6 is 0 Å². The summed E-state index contributed by atoms with van der Waals surface area (Å²) in [6.45, 7) is 0. The van der Waals surface area contributed by atoms with Crippen molar-refractivity contribution >= 4 is 21.2 Å². The van der Waals surface area contributed by atoms with E-state index in [0.29, 0.717) is 0 Å². The van der Waals surface area contributed by atoms with Crippen LogP contribution in [-0.2, 0) is 25.4 Å². The number of benzene rings is 1. The van der Waals surface area contributed by atoms with Crippen molar-refractivity contribution in [1.29, 1.82) is 0 Å². The molecule has 0 spiro atoms. The summed E-state index contributed by atoms with van der Waals surface area (Å²) in [5.41, 5.74) is 0.782. The van der Waals surface area contributed by atoms with E-state index < -0.39 is 33.2 Å². The van der Waals surface area contributed by atoms with E-state index in [1.54, 1.807) is 24.3 Å². The zero-order valence-corrected chi connectivity index (χ0v) is 10.4. The Balaban J connectivity index is 2.28. The number of rotatable bonds is 3. The van der Waals surface area contributed by atoms with Gasteiger partial charge in [0.2, 0.25) is 0 Å². The monoisotopic (exact) mass is 275 g/mol. The zero-order chi connectivity index (χ0) is 12.5. The lowest BCUT2D eigenvalue weighted by molar-refractivity contribution is 0.206. The molecule has 7 heteroatoms. The van der Waals surface area contributed by atoms with Gasteiger partial charge in [-0.25, -0.2) is 12.6 Å². The summed E-state index contributed by atoms with van der Waals surface area (Å²) in [6.07, 6.45) is -0.819. The molecule has 0 aromatic heterocycles. The molecule has 94 valence electrons. The van der Waals surface area contributed by atoms with Gasteiger partial charge in [-0.3, -0.25) is 4.18 Å². The standard InChI is InChI=1S/C10H12O5S2/c11-16(12)15-10-7-17(13,14)6-9(10)8-4-2-1-3-5-8/h1-5,9-10H,6-7H2,(H,11,12)/p-1/t9-,10-/m0/s1. The lowest BCUT2D eigenvalue weighted by Gasteiger charge is -2.19. The first-order chi connectivity index (χ1) is 7.98. The van der Waals surface area contributed by atoms with E-state index in [0.717, 1.165) is 5.56 Å². The van der Waals surface area contributed by atoms with Gasteiger partial charge in [0.15, 0.2) is 9.84 Å². The molecular weight excluding hydrogens is 264 g/mol. The molecule has 1 aromatic carbocycles. The van der Waals surface area contributed by atoms with Crippen LogP contribution < -0.4 is 0 Å². The fourth-order valence-electron chi connectivity index (χ4n) is 2.02. The third-order valence-corrected chi connectivity index (χ3v) is 4.84. The van der Waals surface area contributed by atoms with Crippen LogP contribution in [0.3, 0.4) is 0 Å². The Morgan fingerprint density at radius 3 is 2.47 bits per heavy atom. The topological polar surface area (TPSA) is 83.5 Å². The van der Waals surface area contributed by atoms with Gasteiger partial charge >= 0.3 is 0 Å². The average molecular weight is 275 g/mol. The predicted octanol–water partition coefficient (Wildman–Crippen LogP) is 0.378. The van der Waals surface area contributed by atoms with Gasteiger partial charge in [0.05, 0.1) is 29.0 Å². The van der Waals surface area contributed by atoms with E-state index in [2.05, 4.69) is 4.18 Å². The van der Waals surface area contributed by atoms with Crippen molar-refractivity contribution in [3.8, 4) is 0 Å². The van der Waals surface area contributed by atoms with Gasteiger partial charge < -0.3 is 4.55 Å². The Hall–Kier alpha value is -0.760. The fourth-order valence-corrected chi connectivity index (χ4v) is 4.40. The molecule has 1 fully saturated rings. The number of sulfone groups is 1. The van der Waals surface area contributed by atoms with Crippen molar-refractivity contribution < 1.29 is 21.4 Å². The molecule has 0 N–H and O–H groups in total. The molecule has 0 amide bonds. The van der Waals surface area contributed by atoms with E-state index in [4.69, 9.17) is 0 Å². The molecule has 5 nitrogen and oxygen atoms in total. The smallest absolute Gasteiger partial charge is 0.153 e. The van der Waals surface area contributed by atoms with E-state index in [1.165, 1.54) is 0 Å². The first-order valence-corrected chi connectivity index (χ1v) is 7.82. The maximum atomic E-state index is 11.5. The van der Waals surface area contributed by atoms with Crippen LogP contribution in [0.25, 0.3) is 0 Å². The van der Waals surface area contributed by atoms with Crippen molar-refractivity contribution in [3.63, 3.8) is 0 Å². The van der Waals surface area contributed by atoms with Gasteiger partial charge in [-0.05, 0) is 5.56 Å². The first kappa shape index (κ1) is 12.7. The van der Waals surface area contributed by atoms with Gasteiger partial charge in [0, 0.05) is 5.92 Å². The molecular formula is C10H11O5S2-. The van der Waals surface area contributed by atoms with E-state index >= 15 is 0 Å². The minimum Gasteiger partial charge on any atom is -0.750 e. The molecule has 17 heavy (non-hydrogen) atoms. The molecule has 0 saturated carbocycles. The van der Waals surface area contributed by atoms with Crippen LogP contribution in [0.15, 0.2) is 30.3 Å².